The Morgan fingerprint density at radius 1 is 1.38 bits per heavy atom. The molecule has 1 heterocycles. The topological polar surface area (TPSA) is 49.4 Å². The van der Waals surface area contributed by atoms with E-state index in [1.807, 2.05) is 0 Å². The number of rotatable bonds is 5. The molecule has 5 heteroatoms. The number of nitrogens with zero attached hydrogens (tertiary/aromatic N) is 1. The molecular weight excluding hydrogens is 224 g/mol. The molecule has 16 heavy (non-hydrogen) atoms. The van der Waals surface area contributed by atoms with Crippen LogP contribution in [0.25, 0.3) is 0 Å². The van der Waals surface area contributed by atoms with E-state index < -0.39 is 10.0 Å². The highest BCUT2D eigenvalue weighted by molar-refractivity contribution is 7.88. The van der Waals surface area contributed by atoms with Gasteiger partial charge in [-0.3, -0.25) is 0 Å². The van der Waals surface area contributed by atoms with E-state index >= 15 is 0 Å². The van der Waals surface area contributed by atoms with E-state index in [-0.39, 0.29) is 6.04 Å². The van der Waals surface area contributed by atoms with E-state index in [9.17, 15) is 8.42 Å². The van der Waals surface area contributed by atoms with Crippen molar-refractivity contribution in [2.45, 2.75) is 45.7 Å². The lowest BCUT2D eigenvalue weighted by atomic mass is 10.1. The van der Waals surface area contributed by atoms with Crippen LogP contribution in [0.3, 0.4) is 0 Å². The summed E-state index contributed by atoms with van der Waals surface area (Å²) in [6, 6.07) is 0.582. The van der Waals surface area contributed by atoms with E-state index in [1.54, 1.807) is 4.31 Å². The maximum absolute atomic E-state index is 11.5. The van der Waals surface area contributed by atoms with Crippen molar-refractivity contribution in [1.29, 1.82) is 0 Å². The Hall–Kier alpha value is -0.130. The quantitative estimate of drug-likeness (QED) is 0.791. The summed E-state index contributed by atoms with van der Waals surface area (Å²) in [7, 11) is -3.03. The lowest BCUT2D eigenvalue weighted by Crippen LogP contribution is -2.44. The Balaban J connectivity index is 2.48. The second kappa shape index (κ2) is 5.47. The summed E-state index contributed by atoms with van der Waals surface area (Å²) in [5, 5.41) is 3.42. The van der Waals surface area contributed by atoms with Crippen molar-refractivity contribution in [3.8, 4) is 0 Å². The maximum Gasteiger partial charge on any atom is 0.211 e. The highest BCUT2D eigenvalue weighted by atomic mass is 32.2. The molecule has 0 bridgehead atoms. The molecule has 0 aliphatic carbocycles. The van der Waals surface area contributed by atoms with Gasteiger partial charge in [-0.15, -0.1) is 0 Å². The zero-order valence-corrected chi connectivity index (χ0v) is 11.5. The average molecular weight is 248 g/mol. The van der Waals surface area contributed by atoms with Gasteiger partial charge in [-0.2, -0.15) is 4.31 Å². The standard InChI is InChI=1S/C11H24N2O2S/c1-9(2)10(3)12-8-11-6-5-7-13(11)16(4,14)15/h9-12H,5-8H2,1-4H3/t10?,11-/m1/s1. The molecular formula is C11H24N2O2S. The number of hydrogen-bond donors (Lipinski definition) is 1. The summed E-state index contributed by atoms with van der Waals surface area (Å²) in [5.41, 5.74) is 0. The molecule has 1 aliphatic heterocycles. The minimum absolute atomic E-state index is 0.149. The van der Waals surface area contributed by atoms with Crippen molar-refractivity contribution in [2.75, 3.05) is 19.3 Å². The normalized spacial score (nSPS) is 25.2. The fraction of sp³-hybridized carbons (Fsp3) is 1.00. The molecule has 96 valence electrons. The first kappa shape index (κ1) is 13.9. The van der Waals surface area contributed by atoms with Gasteiger partial charge in [0.1, 0.15) is 0 Å². The summed E-state index contributed by atoms with van der Waals surface area (Å²) >= 11 is 0. The number of sulfonamides is 1. The largest absolute Gasteiger partial charge is 0.312 e. The Kier molecular flexibility index (Phi) is 4.76. The average Bonchev–Trinajstić information content (AvgIpc) is 2.60. The van der Waals surface area contributed by atoms with Crippen molar-refractivity contribution in [3.05, 3.63) is 0 Å². The summed E-state index contributed by atoms with van der Waals surface area (Å²) < 4.78 is 24.7. The van der Waals surface area contributed by atoms with Crippen molar-refractivity contribution in [3.63, 3.8) is 0 Å². The number of nitrogens with one attached hydrogen (secondary N) is 1. The lowest BCUT2D eigenvalue weighted by molar-refractivity contribution is 0.339. The van der Waals surface area contributed by atoms with E-state index in [2.05, 4.69) is 26.1 Å². The van der Waals surface area contributed by atoms with Crippen LogP contribution in [0.4, 0.5) is 0 Å². The van der Waals surface area contributed by atoms with Gasteiger partial charge in [0.15, 0.2) is 0 Å². The predicted octanol–water partition coefficient (Wildman–Crippen LogP) is 1.04. The molecule has 0 aromatic heterocycles. The molecule has 1 fully saturated rings. The van der Waals surface area contributed by atoms with Gasteiger partial charge in [0.2, 0.25) is 10.0 Å². The predicted molar refractivity (Wildman–Crippen MR) is 66.9 cm³/mol. The van der Waals surface area contributed by atoms with Gasteiger partial charge in [-0.05, 0) is 25.7 Å². The molecule has 0 aromatic rings. The smallest absolute Gasteiger partial charge is 0.211 e. The summed E-state index contributed by atoms with van der Waals surface area (Å²) in [6.45, 7) is 7.93. The molecule has 1 N–H and O–H groups in total. The van der Waals surface area contributed by atoms with Gasteiger partial charge >= 0.3 is 0 Å². The van der Waals surface area contributed by atoms with Crippen LogP contribution in [0.2, 0.25) is 0 Å². The molecule has 0 spiro atoms. The van der Waals surface area contributed by atoms with E-state index in [4.69, 9.17) is 0 Å². The van der Waals surface area contributed by atoms with Crippen LogP contribution in [-0.2, 0) is 10.0 Å². The molecule has 2 atom stereocenters. The Labute approximate surface area is 99.5 Å². The van der Waals surface area contributed by atoms with Crippen LogP contribution in [0.1, 0.15) is 33.6 Å². The lowest BCUT2D eigenvalue weighted by Gasteiger charge is -2.25. The molecule has 1 rings (SSSR count). The van der Waals surface area contributed by atoms with E-state index in [0.29, 0.717) is 18.5 Å². The molecule has 1 aliphatic rings. The molecule has 0 radical (unpaired) electrons. The molecule has 0 aromatic carbocycles. The minimum atomic E-state index is -3.03. The fourth-order valence-corrected chi connectivity index (χ4v) is 3.19. The van der Waals surface area contributed by atoms with Crippen LogP contribution >= 0.6 is 0 Å². The molecule has 0 amide bonds. The fourth-order valence-electron chi connectivity index (χ4n) is 2.01. The zero-order chi connectivity index (χ0) is 12.3. The molecule has 1 saturated heterocycles. The SMILES string of the molecule is CC(C)C(C)NC[C@H]1CCCN1S(C)(=O)=O. The minimum Gasteiger partial charge on any atom is -0.312 e. The summed E-state index contributed by atoms with van der Waals surface area (Å²) in [5.74, 6) is 0.577. The van der Waals surface area contributed by atoms with Crippen molar-refractivity contribution in [2.24, 2.45) is 5.92 Å². The van der Waals surface area contributed by atoms with Gasteiger partial charge in [0.05, 0.1) is 6.26 Å². The third kappa shape index (κ3) is 3.71. The second-order valence-corrected chi connectivity index (χ2v) is 7.05. The second-order valence-electron chi connectivity index (χ2n) is 5.11. The third-order valence-electron chi connectivity index (χ3n) is 3.42. The first-order chi connectivity index (χ1) is 7.32. The van der Waals surface area contributed by atoms with Crippen molar-refractivity contribution < 1.29 is 8.42 Å². The molecule has 0 saturated carbocycles. The Bertz CT molecular complexity index is 314. The monoisotopic (exact) mass is 248 g/mol. The van der Waals surface area contributed by atoms with Crippen molar-refractivity contribution in [1.82, 2.24) is 9.62 Å². The highest BCUT2D eigenvalue weighted by Gasteiger charge is 2.31. The first-order valence-corrected chi connectivity index (χ1v) is 7.87. The van der Waals surface area contributed by atoms with Crippen molar-refractivity contribution >= 4 is 10.0 Å². The van der Waals surface area contributed by atoms with Crippen LogP contribution in [-0.4, -0.2) is 44.2 Å². The Morgan fingerprint density at radius 3 is 2.50 bits per heavy atom. The van der Waals surface area contributed by atoms with E-state index in [0.717, 1.165) is 19.4 Å². The summed E-state index contributed by atoms with van der Waals surface area (Å²) in [6.07, 6.45) is 3.26. The maximum atomic E-state index is 11.5. The number of hydrogen-bond acceptors (Lipinski definition) is 3. The zero-order valence-electron chi connectivity index (χ0n) is 10.7. The van der Waals surface area contributed by atoms with Gasteiger partial charge in [-0.1, -0.05) is 13.8 Å². The first-order valence-electron chi connectivity index (χ1n) is 6.02. The van der Waals surface area contributed by atoms with Gasteiger partial charge in [-0.25, -0.2) is 8.42 Å². The van der Waals surface area contributed by atoms with E-state index in [1.165, 1.54) is 6.26 Å². The van der Waals surface area contributed by atoms with Gasteiger partial charge in [0, 0.05) is 25.2 Å². The Morgan fingerprint density at radius 2 is 2.00 bits per heavy atom. The van der Waals surface area contributed by atoms with Crippen LogP contribution in [0.15, 0.2) is 0 Å². The van der Waals surface area contributed by atoms with Crippen LogP contribution in [0.5, 0.6) is 0 Å². The van der Waals surface area contributed by atoms with Gasteiger partial charge in [0.25, 0.3) is 0 Å². The van der Waals surface area contributed by atoms with Gasteiger partial charge < -0.3 is 5.32 Å². The molecule has 4 nitrogen and oxygen atoms in total. The highest BCUT2D eigenvalue weighted by Crippen LogP contribution is 2.19. The molecule has 1 unspecified atom stereocenters. The van der Waals surface area contributed by atoms with Crippen LogP contribution < -0.4 is 5.32 Å². The summed E-state index contributed by atoms with van der Waals surface area (Å²) in [4.78, 5) is 0. The van der Waals surface area contributed by atoms with Crippen LogP contribution in [0, 0.1) is 5.92 Å². The third-order valence-corrected chi connectivity index (χ3v) is 4.76.